The number of hydrogen-bond donors (Lipinski definition) is 0. The first-order valence-electron chi connectivity index (χ1n) is 37.7. The molecule has 0 N–H and O–H groups in total. The van der Waals surface area contributed by atoms with Crippen LogP contribution in [0.1, 0.15) is 66.8 Å². The second kappa shape index (κ2) is 27.4. The van der Waals surface area contributed by atoms with Crippen molar-refractivity contribution in [2.75, 3.05) is 9.80 Å². The second-order valence-electron chi connectivity index (χ2n) is 28.9. The molecule has 0 aliphatic heterocycles. The number of anilines is 6. The van der Waals surface area contributed by atoms with Crippen molar-refractivity contribution in [1.29, 1.82) is 0 Å². The van der Waals surface area contributed by atoms with E-state index in [0.29, 0.717) is 13.2 Å². The number of fused-ring (bicyclic) bond motifs is 12. The van der Waals surface area contributed by atoms with Crippen LogP contribution in [0, 0.1) is 11.6 Å². The maximum Gasteiger partial charge on any atom is 0.137 e. The fraction of sp³-hybridized carbons (Fsp3) is 0.0385. The predicted octanol–water partition coefficient (Wildman–Crippen LogP) is 27.5. The summed E-state index contributed by atoms with van der Waals surface area (Å²) >= 11 is 0. The van der Waals surface area contributed by atoms with Crippen LogP contribution in [0.4, 0.5) is 42.9 Å². The average molecular weight is 1450 g/mol. The molecule has 0 bridgehead atoms. The molecular formula is C104H70F2N2O4. The Hall–Kier alpha value is -14.3. The molecule has 534 valence electrons. The number of para-hydroxylation sites is 2. The molecule has 0 fully saturated rings. The topological polar surface area (TPSA) is 51.2 Å². The maximum atomic E-state index is 15.3. The minimum absolute atomic E-state index is 0.308. The molecule has 2 aliphatic carbocycles. The number of furan rings is 2. The van der Waals surface area contributed by atoms with E-state index in [2.05, 4.69) is 253 Å². The lowest BCUT2D eigenvalue weighted by atomic mass is 9.67. The van der Waals surface area contributed by atoms with Crippen molar-refractivity contribution in [3.05, 3.63) is 456 Å². The largest absolute Gasteiger partial charge is 0.489 e. The summed E-state index contributed by atoms with van der Waals surface area (Å²) in [7, 11) is 0. The van der Waals surface area contributed by atoms with Crippen LogP contribution in [0.5, 0.6) is 11.5 Å². The lowest BCUT2D eigenvalue weighted by Crippen LogP contribution is -2.29. The van der Waals surface area contributed by atoms with Gasteiger partial charge in [-0.1, -0.05) is 244 Å². The summed E-state index contributed by atoms with van der Waals surface area (Å²) in [6.07, 6.45) is 3.67. The molecule has 112 heavy (non-hydrogen) atoms. The van der Waals surface area contributed by atoms with E-state index in [4.69, 9.17) is 18.3 Å². The van der Waals surface area contributed by atoms with Crippen LogP contribution in [0.15, 0.2) is 386 Å². The molecule has 6 nitrogen and oxygen atoms in total. The highest BCUT2D eigenvalue weighted by Crippen LogP contribution is 2.60. The zero-order chi connectivity index (χ0) is 75.0. The molecule has 0 saturated heterocycles. The Bertz CT molecular complexity index is 6260. The third kappa shape index (κ3) is 11.3. The highest BCUT2D eigenvalue weighted by atomic mass is 19.1. The molecule has 0 spiro atoms. The fourth-order valence-corrected chi connectivity index (χ4v) is 17.4. The minimum Gasteiger partial charge on any atom is -0.489 e. The Morgan fingerprint density at radius 1 is 0.286 bits per heavy atom. The Kier molecular flexibility index (Phi) is 16.4. The van der Waals surface area contributed by atoms with E-state index in [1.165, 1.54) is 0 Å². The fourth-order valence-electron chi connectivity index (χ4n) is 17.4. The summed E-state index contributed by atoms with van der Waals surface area (Å²) in [6.45, 7) is 8.64. The summed E-state index contributed by atoms with van der Waals surface area (Å²) < 4.78 is 56.9. The number of nitrogens with zero attached hydrogens (tertiary/aromatic N) is 2. The summed E-state index contributed by atoms with van der Waals surface area (Å²) in [5.41, 5.74) is 25.8. The van der Waals surface area contributed by atoms with Gasteiger partial charge in [0.2, 0.25) is 0 Å². The summed E-state index contributed by atoms with van der Waals surface area (Å²) in [4.78, 5) is 4.62. The smallest absolute Gasteiger partial charge is 0.137 e. The molecule has 0 radical (unpaired) electrons. The molecule has 20 rings (SSSR count). The van der Waals surface area contributed by atoms with Gasteiger partial charge in [0.15, 0.2) is 0 Å². The zero-order valence-electron chi connectivity index (χ0n) is 60.9. The van der Waals surface area contributed by atoms with Gasteiger partial charge >= 0.3 is 0 Å². The summed E-state index contributed by atoms with van der Waals surface area (Å²) in [5.74, 6) is 0.855. The van der Waals surface area contributed by atoms with E-state index in [-0.39, 0.29) is 11.6 Å². The summed E-state index contributed by atoms with van der Waals surface area (Å²) in [6, 6.07) is 125. The third-order valence-corrected chi connectivity index (χ3v) is 22.8. The van der Waals surface area contributed by atoms with E-state index < -0.39 is 10.8 Å². The Balaban J connectivity index is 0.691. The van der Waals surface area contributed by atoms with Gasteiger partial charge in [-0.2, -0.15) is 0 Å². The van der Waals surface area contributed by atoms with Crippen LogP contribution in [0.2, 0.25) is 0 Å². The quantitative estimate of drug-likeness (QED) is 0.0804. The van der Waals surface area contributed by atoms with Gasteiger partial charge in [-0.25, -0.2) is 8.78 Å². The van der Waals surface area contributed by atoms with E-state index >= 15 is 8.78 Å². The highest BCUT2D eigenvalue weighted by molar-refractivity contribution is 6.08. The molecule has 2 unspecified atom stereocenters. The standard InChI is InChI=1S/C104H70F2N2O4/c1-3-67-21-25-69(26-22-67)65-109-85-53-37-75(38-54-85)103(73-33-41-77(105)42-34-73)95-17-9-5-13-87(95)89-57-49-81(61-97(89)103)107(83-51-59-93-91-15-7-11-19-99(91)111-101(93)63-83)79-45-29-71(30-46-79)72-31-47-80(48-32-72)108(84-52-60-94-92-16-8-12-20-100(92)112-102(94)64-84)82-50-58-90-88-14-6-10-18-96(88)104(98(90)62-82,74-35-43-78(106)44-36-74)76-39-55-86(56-40-76)110-66-70-27-23-68(4-2)24-28-70/h3-64H,1-2,65-66H2. The Morgan fingerprint density at radius 2 is 0.607 bits per heavy atom. The van der Waals surface area contributed by atoms with Gasteiger partial charge in [-0.3, -0.25) is 0 Å². The van der Waals surface area contributed by atoms with Gasteiger partial charge in [0.05, 0.1) is 10.8 Å². The molecule has 2 aromatic heterocycles. The molecule has 16 aromatic carbocycles. The van der Waals surface area contributed by atoms with Gasteiger partial charge in [0.1, 0.15) is 58.7 Å². The van der Waals surface area contributed by atoms with Crippen molar-refractivity contribution >= 4 is 90.2 Å². The number of rotatable bonds is 19. The first kappa shape index (κ1) is 67.0. The van der Waals surface area contributed by atoms with Crippen LogP contribution in [-0.4, -0.2) is 0 Å². The number of halogens is 2. The van der Waals surface area contributed by atoms with Crippen molar-refractivity contribution in [1.82, 2.24) is 0 Å². The molecular weight excluding hydrogens is 1380 g/mol. The van der Waals surface area contributed by atoms with Crippen molar-refractivity contribution in [2.45, 2.75) is 24.0 Å². The minimum atomic E-state index is -0.875. The highest BCUT2D eigenvalue weighted by Gasteiger charge is 2.48. The van der Waals surface area contributed by atoms with Gasteiger partial charge in [-0.15, -0.1) is 0 Å². The van der Waals surface area contributed by atoms with E-state index in [9.17, 15) is 0 Å². The van der Waals surface area contributed by atoms with Crippen LogP contribution in [0.25, 0.3) is 89.4 Å². The lowest BCUT2D eigenvalue weighted by molar-refractivity contribution is 0.306. The zero-order valence-corrected chi connectivity index (χ0v) is 60.9. The van der Waals surface area contributed by atoms with Crippen molar-refractivity contribution in [2.24, 2.45) is 0 Å². The third-order valence-electron chi connectivity index (χ3n) is 22.8. The SMILES string of the molecule is C=Cc1ccc(COc2ccc(C3(c4ccc(F)cc4)c4ccccc4-c4ccc(N(c5ccc(-c6ccc(N(c7ccc8c(c7)C(c7ccc(F)cc7)(c7ccc(OCc9ccc(C=C)cc9)cc7)c7ccccc7-8)c7ccc8c(c7)oc7ccccc78)cc6)cc5)c5ccc6c(c5)oc5ccccc56)cc43)cc2)cc1. The van der Waals surface area contributed by atoms with Crippen LogP contribution < -0.4 is 19.3 Å². The van der Waals surface area contributed by atoms with Gasteiger partial charge < -0.3 is 28.1 Å². The van der Waals surface area contributed by atoms with Gasteiger partial charge in [-0.05, 0) is 234 Å². The Morgan fingerprint density at radius 3 is 1.00 bits per heavy atom. The number of benzene rings is 16. The normalized spacial score (nSPS) is 14.6. The maximum absolute atomic E-state index is 15.3. The van der Waals surface area contributed by atoms with E-state index in [1.54, 1.807) is 24.3 Å². The monoisotopic (exact) mass is 1450 g/mol. The molecule has 2 heterocycles. The van der Waals surface area contributed by atoms with Crippen molar-refractivity contribution in [3.8, 4) is 44.9 Å². The molecule has 0 amide bonds. The molecule has 2 aliphatic rings. The second-order valence-corrected chi connectivity index (χ2v) is 28.9. The molecule has 8 heteroatoms. The molecule has 18 aromatic rings. The van der Waals surface area contributed by atoms with Gasteiger partial charge in [0, 0.05) is 67.8 Å². The van der Waals surface area contributed by atoms with Crippen molar-refractivity contribution in [3.63, 3.8) is 0 Å². The van der Waals surface area contributed by atoms with Crippen LogP contribution in [-0.2, 0) is 24.0 Å². The Labute approximate surface area is 647 Å². The number of ether oxygens (including phenoxy) is 2. The first-order chi connectivity index (χ1) is 55.2. The molecule has 2 atom stereocenters. The van der Waals surface area contributed by atoms with Crippen LogP contribution >= 0.6 is 0 Å². The van der Waals surface area contributed by atoms with E-state index in [1.807, 2.05) is 121 Å². The van der Waals surface area contributed by atoms with Crippen LogP contribution in [0.3, 0.4) is 0 Å². The van der Waals surface area contributed by atoms with Gasteiger partial charge in [0.25, 0.3) is 0 Å². The summed E-state index contributed by atoms with van der Waals surface area (Å²) in [5, 5.41) is 4.15. The molecule has 0 saturated carbocycles. The van der Waals surface area contributed by atoms with E-state index in [0.717, 1.165) is 190 Å². The first-order valence-corrected chi connectivity index (χ1v) is 37.7. The average Bonchev–Trinajstić information content (AvgIpc) is 1.54. The predicted molar refractivity (Wildman–Crippen MR) is 452 cm³/mol. The lowest BCUT2D eigenvalue weighted by Gasteiger charge is -2.35. The van der Waals surface area contributed by atoms with Crippen molar-refractivity contribution < 1.29 is 27.1 Å². The number of hydrogen-bond acceptors (Lipinski definition) is 6.